The van der Waals surface area contributed by atoms with Crippen LogP contribution < -0.4 is 0 Å². The van der Waals surface area contributed by atoms with E-state index in [0.29, 0.717) is 30.6 Å². The van der Waals surface area contributed by atoms with Gasteiger partial charge in [-0.25, -0.2) is 0 Å². The highest BCUT2D eigenvalue weighted by Crippen LogP contribution is 2.35. The summed E-state index contributed by atoms with van der Waals surface area (Å²) in [5.41, 5.74) is 0. The molecular weight excluding hydrogens is 262 g/mol. The van der Waals surface area contributed by atoms with Gasteiger partial charge >= 0.3 is 0 Å². The van der Waals surface area contributed by atoms with Gasteiger partial charge in [-0.15, -0.1) is 0 Å². The fraction of sp³-hybridized carbons (Fsp3) is 0.889. The molecule has 1 amide bonds. The number of carbonyl (C=O) groups is 2. The standard InChI is InChI=1S/C18H29NO2/c20-17(12-14-4-2-1-3-5-14)10-11-18(21)19-13-15-6-8-16(19)9-7-15/h14-16H,1-13H2. The number of Topliss-reactive ketones (excluding diaryl/α,β-unsaturated/α-hetero) is 1. The van der Waals surface area contributed by atoms with Gasteiger partial charge in [-0.3, -0.25) is 9.59 Å². The van der Waals surface area contributed by atoms with Gasteiger partial charge in [-0.05, 0) is 37.5 Å². The second-order valence-corrected chi connectivity index (χ2v) is 7.47. The third-order valence-electron chi connectivity index (χ3n) is 5.89. The van der Waals surface area contributed by atoms with Crippen LogP contribution in [0.1, 0.15) is 77.0 Å². The van der Waals surface area contributed by atoms with Crippen molar-refractivity contribution in [3.63, 3.8) is 0 Å². The molecule has 0 aromatic heterocycles. The minimum atomic E-state index is 0.237. The van der Waals surface area contributed by atoms with Crippen molar-refractivity contribution >= 4 is 11.7 Å². The topological polar surface area (TPSA) is 37.4 Å². The molecule has 4 aliphatic rings. The maximum Gasteiger partial charge on any atom is 0.223 e. The minimum Gasteiger partial charge on any atom is -0.339 e. The summed E-state index contributed by atoms with van der Waals surface area (Å²) in [6.45, 7) is 0.959. The number of ketones is 1. The van der Waals surface area contributed by atoms with E-state index in [1.807, 2.05) is 0 Å². The first-order valence-electron chi connectivity index (χ1n) is 9.03. The molecule has 21 heavy (non-hydrogen) atoms. The normalized spacial score (nSPS) is 29.6. The zero-order valence-electron chi connectivity index (χ0n) is 13.2. The Hall–Kier alpha value is -0.860. The minimum absolute atomic E-state index is 0.237. The first-order valence-corrected chi connectivity index (χ1v) is 9.03. The van der Waals surface area contributed by atoms with Crippen LogP contribution in [0, 0.1) is 11.8 Å². The lowest BCUT2D eigenvalue weighted by Gasteiger charge is -2.45. The van der Waals surface area contributed by atoms with E-state index in [-0.39, 0.29) is 5.91 Å². The molecule has 0 N–H and O–H groups in total. The predicted molar refractivity (Wildman–Crippen MR) is 82.9 cm³/mol. The Morgan fingerprint density at radius 3 is 2.19 bits per heavy atom. The smallest absolute Gasteiger partial charge is 0.223 e. The number of rotatable bonds is 5. The van der Waals surface area contributed by atoms with Crippen molar-refractivity contribution in [1.82, 2.24) is 4.90 Å². The quantitative estimate of drug-likeness (QED) is 0.774. The molecule has 3 heteroatoms. The maximum atomic E-state index is 12.4. The fourth-order valence-corrected chi connectivity index (χ4v) is 4.58. The van der Waals surface area contributed by atoms with Crippen LogP contribution in [0.25, 0.3) is 0 Å². The zero-order chi connectivity index (χ0) is 14.7. The molecule has 2 saturated carbocycles. The Labute approximate surface area is 128 Å². The van der Waals surface area contributed by atoms with Gasteiger partial charge in [0.05, 0.1) is 0 Å². The summed E-state index contributed by atoms with van der Waals surface area (Å²) in [5, 5.41) is 0. The van der Waals surface area contributed by atoms with E-state index in [1.54, 1.807) is 0 Å². The number of hydrogen-bond acceptors (Lipinski definition) is 2. The lowest BCUT2D eigenvalue weighted by molar-refractivity contribution is -0.140. The van der Waals surface area contributed by atoms with Gasteiger partial charge < -0.3 is 4.90 Å². The van der Waals surface area contributed by atoms with E-state index in [1.165, 1.54) is 57.8 Å². The summed E-state index contributed by atoms with van der Waals surface area (Å²) in [6.07, 6.45) is 13.0. The molecule has 4 rings (SSSR count). The van der Waals surface area contributed by atoms with E-state index in [9.17, 15) is 9.59 Å². The van der Waals surface area contributed by atoms with Gasteiger partial charge in [0.15, 0.2) is 0 Å². The van der Waals surface area contributed by atoms with Gasteiger partial charge in [-0.2, -0.15) is 0 Å². The monoisotopic (exact) mass is 291 g/mol. The molecule has 0 unspecified atom stereocenters. The van der Waals surface area contributed by atoms with E-state index in [4.69, 9.17) is 0 Å². The molecule has 2 saturated heterocycles. The lowest BCUT2D eigenvalue weighted by Crippen LogP contribution is -2.50. The molecule has 0 atom stereocenters. The average Bonchev–Trinajstić information content (AvgIpc) is 2.54. The van der Waals surface area contributed by atoms with Crippen LogP contribution in [0.3, 0.4) is 0 Å². The molecule has 3 nitrogen and oxygen atoms in total. The second-order valence-electron chi connectivity index (χ2n) is 7.47. The molecular formula is C18H29NO2. The molecule has 0 aromatic rings. The van der Waals surface area contributed by atoms with Crippen molar-refractivity contribution in [1.29, 1.82) is 0 Å². The summed E-state index contributed by atoms with van der Waals surface area (Å²) in [7, 11) is 0. The largest absolute Gasteiger partial charge is 0.339 e. The van der Waals surface area contributed by atoms with Gasteiger partial charge in [0, 0.05) is 31.8 Å². The van der Waals surface area contributed by atoms with E-state index < -0.39 is 0 Å². The Kier molecular flexibility index (Phi) is 4.97. The summed E-state index contributed by atoms with van der Waals surface area (Å²) >= 11 is 0. The van der Waals surface area contributed by atoms with Crippen molar-refractivity contribution in [2.75, 3.05) is 6.54 Å². The summed E-state index contributed by atoms with van der Waals surface area (Å²) in [5.74, 6) is 1.89. The van der Waals surface area contributed by atoms with Crippen molar-refractivity contribution in [3.8, 4) is 0 Å². The number of hydrogen-bond donors (Lipinski definition) is 0. The van der Waals surface area contributed by atoms with Crippen LogP contribution in [-0.2, 0) is 9.59 Å². The molecule has 2 heterocycles. The van der Waals surface area contributed by atoms with Crippen LogP contribution in [0.15, 0.2) is 0 Å². The third-order valence-corrected chi connectivity index (χ3v) is 5.89. The Balaban J connectivity index is 1.40. The summed E-state index contributed by atoms with van der Waals surface area (Å²) in [6, 6.07) is 0.482. The van der Waals surface area contributed by atoms with Crippen molar-refractivity contribution in [3.05, 3.63) is 0 Å². The molecule has 118 valence electrons. The van der Waals surface area contributed by atoms with Crippen LogP contribution in [0.5, 0.6) is 0 Å². The lowest BCUT2D eigenvalue weighted by atomic mass is 9.79. The van der Waals surface area contributed by atoms with Crippen LogP contribution in [-0.4, -0.2) is 29.2 Å². The fourth-order valence-electron chi connectivity index (χ4n) is 4.58. The second kappa shape index (κ2) is 6.93. The van der Waals surface area contributed by atoms with Crippen molar-refractivity contribution in [2.24, 2.45) is 11.8 Å². The van der Waals surface area contributed by atoms with Crippen LogP contribution in [0.4, 0.5) is 0 Å². The zero-order valence-corrected chi connectivity index (χ0v) is 13.2. The number of fused-ring (bicyclic) bond motifs is 3. The molecule has 2 aliphatic carbocycles. The average molecular weight is 291 g/mol. The van der Waals surface area contributed by atoms with E-state index in [2.05, 4.69) is 4.90 Å². The maximum absolute atomic E-state index is 12.4. The van der Waals surface area contributed by atoms with Gasteiger partial charge in [0.25, 0.3) is 0 Å². The molecule has 4 fully saturated rings. The number of piperidine rings is 2. The SMILES string of the molecule is O=C(CCC(=O)N1CC2CCC1CC2)CC1CCCCC1. The first-order chi connectivity index (χ1) is 10.2. The van der Waals surface area contributed by atoms with Gasteiger partial charge in [0.2, 0.25) is 5.91 Å². The van der Waals surface area contributed by atoms with Crippen molar-refractivity contribution < 1.29 is 9.59 Å². The highest BCUT2D eigenvalue weighted by atomic mass is 16.2. The number of carbonyl (C=O) groups excluding carboxylic acids is 2. The highest BCUT2D eigenvalue weighted by Gasteiger charge is 2.36. The number of nitrogens with zero attached hydrogens (tertiary/aromatic N) is 1. The van der Waals surface area contributed by atoms with Gasteiger partial charge in [-0.1, -0.05) is 32.1 Å². The Morgan fingerprint density at radius 1 is 0.857 bits per heavy atom. The first kappa shape index (κ1) is 15.1. The molecule has 0 radical (unpaired) electrons. The number of amides is 1. The van der Waals surface area contributed by atoms with E-state index in [0.717, 1.165) is 18.9 Å². The molecule has 0 spiro atoms. The van der Waals surface area contributed by atoms with Crippen LogP contribution >= 0.6 is 0 Å². The van der Waals surface area contributed by atoms with Gasteiger partial charge in [0.1, 0.15) is 5.78 Å². The molecule has 2 aliphatic heterocycles. The summed E-state index contributed by atoms with van der Waals surface area (Å²) < 4.78 is 0. The highest BCUT2D eigenvalue weighted by molar-refractivity contribution is 5.85. The third kappa shape index (κ3) is 3.87. The Morgan fingerprint density at radius 2 is 1.57 bits per heavy atom. The molecule has 0 aromatic carbocycles. The van der Waals surface area contributed by atoms with Crippen LogP contribution in [0.2, 0.25) is 0 Å². The summed E-state index contributed by atoms with van der Waals surface area (Å²) in [4.78, 5) is 26.5. The van der Waals surface area contributed by atoms with E-state index >= 15 is 0 Å². The predicted octanol–water partition coefficient (Wildman–Crippen LogP) is 3.71. The Bertz CT molecular complexity index is 379. The molecule has 2 bridgehead atoms. The van der Waals surface area contributed by atoms with Crippen molar-refractivity contribution in [2.45, 2.75) is 83.1 Å².